The van der Waals surface area contributed by atoms with Crippen LogP contribution in [0.2, 0.25) is 0 Å². The highest BCUT2D eigenvalue weighted by Gasteiger charge is 2.34. The lowest BCUT2D eigenvalue weighted by molar-refractivity contribution is 0.0952. The summed E-state index contributed by atoms with van der Waals surface area (Å²) in [7, 11) is 3.42. The summed E-state index contributed by atoms with van der Waals surface area (Å²) in [6.45, 7) is 9.36. The monoisotopic (exact) mass is 576 g/mol. The molecule has 2 aromatic rings. The molecule has 10 heteroatoms. The molecule has 2 aromatic carbocycles. The first-order valence-electron chi connectivity index (χ1n) is 12.1. The lowest BCUT2D eigenvalue weighted by atomic mass is 9.84. The Kier molecular flexibility index (Phi) is 8.21. The number of nitrogens with one attached hydrogen (secondary N) is 2. The van der Waals surface area contributed by atoms with Crippen LogP contribution in [0.1, 0.15) is 65.1 Å². The molecular weight excluding hydrogens is 543 g/mol. The van der Waals surface area contributed by atoms with E-state index in [1.807, 2.05) is 19.2 Å². The van der Waals surface area contributed by atoms with Crippen molar-refractivity contribution in [3.8, 4) is 11.5 Å². The quantitative estimate of drug-likeness (QED) is 0.497. The van der Waals surface area contributed by atoms with E-state index in [-0.39, 0.29) is 76.2 Å². The Morgan fingerprint density at radius 2 is 1.95 bits per heavy atom. The average molecular weight is 577 g/mol. The standard InChI is InChI=1S/C27H33FN4O4.BrH/c1-7-35-23-17(26(34)30-5)12-16-18(22(23)28)13-32(25(16)29)14-21(33)15-10-19(27(2,3)4)24-20(11-15)31(6)8-9-36-24;/h10-12,29H,7-9,13-14H2,1-6H3,(H,30,34);1H. The zero-order valence-electron chi connectivity index (χ0n) is 22.1. The topological polar surface area (TPSA) is 95.0 Å². The number of anilines is 1. The first-order chi connectivity index (χ1) is 17.0. The van der Waals surface area contributed by atoms with E-state index in [2.05, 4.69) is 31.0 Å². The van der Waals surface area contributed by atoms with Crippen molar-refractivity contribution in [1.29, 1.82) is 5.41 Å². The van der Waals surface area contributed by atoms with Crippen LogP contribution in [-0.2, 0) is 12.0 Å². The van der Waals surface area contributed by atoms with Crippen LogP contribution in [0.5, 0.6) is 11.5 Å². The first kappa shape index (κ1) is 28.4. The summed E-state index contributed by atoms with van der Waals surface area (Å²) in [6, 6.07) is 5.17. The van der Waals surface area contributed by atoms with E-state index in [0.717, 1.165) is 23.5 Å². The minimum atomic E-state index is -0.671. The van der Waals surface area contributed by atoms with Gasteiger partial charge in [0.1, 0.15) is 18.2 Å². The van der Waals surface area contributed by atoms with Gasteiger partial charge in [-0.1, -0.05) is 20.8 Å². The smallest absolute Gasteiger partial charge is 0.254 e. The molecule has 0 bridgehead atoms. The molecule has 0 aromatic heterocycles. The van der Waals surface area contributed by atoms with Crippen LogP contribution in [0, 0.1) is 11.2 Å². The fourth-order valence-electron chi connectivity index (χ4n) is 4.64. The Balaban J connectivity index is 0.00000380. The van der Waals surface area contributed by atoms with Crippen molar-refractivity contribution < 1.29 is 23.5 Å². The summed E-state index contributed by atoms with van der Waals surface area (Å²) >= 11 is 0. The van der Waals surface area contributed by atoms with Crippen molar-refractivity contribution in [2.24, 2.45) is 0 Å². The predicted octanol–water partition coefficient (Wildman–Crippen LogP) is 4.31. The maximum absolute atomic E-state index is 15.4. The van der Waals surface area contributed by atoms with Gasteiger partial charge in [-0.25, -0.2) is 4.39 Å². The predicted molar refractivity (Wildman–Crippen MR) is 147 cm³/mol. The molecule has 0 fully saturated rings. The minimum Gasteiger partial charge on any atom is -0.490 e. The number of nitrogens with zero attached hydrogens (tertiary/aromatic N) is 2. The van der Waals surface area contributed by atoms with Gasteiger partial charge in [0.25, 0.3) is 5.91 Å². The number of carbonyl (C=O) groups is 2. The van der Waals surface area contributed by atoms with Gasteiger partial charge in [0.2, 0.25) is 0 Å². The van der Waals surface area contributed by atoms with E-state index in [1.165, 1.54) is 18.0 Å². The summed E-state index contributed by atoms with van der Waals surface area (Å²) < 4.78 is 26.8. The van der Waals surface area contributed by atoms with Crippen molar-refractivity contribution in [3.05, 3.63) is 51.8 Å². The maximum Gasteiger partial charge on any atom is 0.254 e. The summed E-state index contributed by atoms with van der Waals surface area (Å²) in [6.07, 6.45) is 0. The third-order valence-electron chi connectivity index (χ3n) is 6.62. The molecule has 2 aliphatic heterocycles. The normalized spacial score (nSPS) is 14.4. The number of benzene rings is 2. The number of carbonyl (C=O) groups excluding carboxylic acids is 2. The molecule has 4 rings (SSSR count). The molecule has 0 aliphatic carbocycles. The Bertz CT molecular complexity index is 1260. The summed E-state index contributed by atoms with van der Waals surface area (Å²) in [5.41, 5.74) is 2.64. The molecule has 1 amide bonds. The van der Waals surface area contributed by atoms with Gasteiger partial charge in [0.05, 0.1) is 30.9 Å². The van der Waals surface area contributed by atoms with E-state index in [0.29, 0.717) is 12.2 Å². The van der Waals surface area contributed by atoms with E-state index >= 15 is 4.39 Å². The highest BCUT2D eigenvalue weighted by Crippen LogP contribution is 2.42. The number of hydrogen-bond acceptors (Lipinski definition) is 6. The van der Waals surface area contributed by atoms with Crippen molar-refractivity contribution in [1.82, 2.24) is 10.2 Å². The van der Waals surface area contributed by atoms with Gasteiger partial charge < -0.3 is 24.6 Å². The number of likely N-dealkylation sites (N-methyl/N-ethyl adjacent to an activating group) is 1. The van der Waals surface area contributed by atoms with E-state index in [1.54, 1.807) is 6.92 Å². The van der Waals surface area contributed by atoms with Gasteiger partial charge in [-0.15, -0.1) is 17.0 Å². The molecule has 0 atom stereocenters. The number of ether oxygens (including phenoxy) is 2. The molecule has 37 heavy (non-hydrogen) atoms. The number of amides is 1. The number of ketones is 1. The molecule has 0 spiro atoms. The molecule has 0 saturated heterocycles. The van der Waals surface area contributed by atoms with Crippen molar-refractivity contribution in [2.75, 3.05) is 45.3 Å². The number of hydrogen-bond donors (Lipinski definition) is 2. The summed E-state index contributed by atoms with van der Waals surface area (Å²) in [5.74, 6) is -0.699. The highest BCUT2D eigenvalue weighted by atomic mass is 79.9. The Morgan fingerprint density at radius 3 is 2.57 bits per heavy atom. The van der Waals surface area contributed by atoms with Gasteiger partial charge >= 0.3 is 0 Å². The van der Waals surface area contributed by atoms with Gasteiger partial charge in [0.15, 0.2) is 17.3 Å². The van der Waals surface area contributed by atoms with Crippen LogP contribution in [0.4, 0.5) is 10.1 Å². The molecule has 0 unspecified atom stereocenters. The van der Waals surface area contributed by atoms with E-state index in [9.17, 15) is 9.59 Å². The molecular formula is C27H34BrFN4O4. The van der Waals surface area contributed by atoms with Crippen LogP contribution in [0.3, 0.4) is 0 Å². The molecule has 0 radical (unpaired) electrons. The largest absolute Gasteiger partial charge is 0.490 e. The molecule has 2 heterocycles. The van der Waals surface area contributed by atoms with Crippen molar-refractivity contribution in [2.45, 2.75) is 39.7 Å². The fourth-order valence-corrected chi connectivity index (χ4v) is 4.64. The third kappa shape index (κ3) is 5.16. The average Bonchev–Trinajstić information content (AvgIpc) is 3.14. The highest BCUT2D eigenvalue weighted by molar-refractivity contribution is 8.93. The Morgan fingerprint density at radius 1 is 1.24 bits per heavy atom. The number of fused-ring (bicyclic) bond motifs is 2. The zero-order chi connectivity index (χ0) is 26.4. The van der Waals surface area contributed by atoms with Gasteiger partial charge in [-0.3, -0.25) is 15.0 Å². The number of halogens is 2. The second-order valence-corrected chi connectivity index (χ2v) is 10.1. The molecule has 8 nitrogen and oxygen atoms in total. The zero-order valence-corrected chi connectivity index (χ0v) is 23.8. The number of rotatable bonds is 6. The second kappa shape index (κ2) is 10.7. The first-order valence-corrected chi connectivity index (χ1v) is 12.1. The van der Waals surface area contributed by atoms with Crippen LogP contribution in [0.15, 0.2) is 18.2 Å². The van der Waals surface area contributed by atoms with Gasteiger partial charge in [-0.2, -0.15) is 0 Å². The van der Waals surface area contributed by atoms with Gasteiger partial charge in [-0.05, 0) is 30.5 Å². The Labute approximate surface area is 227 Å². The minimum absolute atomic E-state index is 0. The van der Waals surface area contributed by atoms with Crippen LogP contribution >= 0.6 is 17.0 Å². The number of Topliss-reactive ketones (excluding diaryl/α,β-unsaturated/α-hetero) is 1. The maximum atomic E-state index is 15.4. The second-order valence-electron chi connectivity index (χ2n) is 10.1. The lowest BCUT2D eigenvalue weighted by Crippen LogP contribution is -2.33. The van der Waals surface area contributed by atoms with Crippen LogP contribution < -0.4 is 19.7 Å². The SMILES string of the molecule is Br.CCOc1c(C(=O)NC)cc2c(c1F)CN(CC(=O)c1cc3c(c(C(C)(C)C)c1)OCCN3C)C2=N. The third-order valence-corrected chi connectivity index (χ3v) is 6.62. The Hall–Kier alpha value is -3.14. The number of amidine groups is 1. The van der Waals surface area contributed by atoms with Crippen LogP contribution in [-0.4, -0.2) is 62.8 Å². The van der Waals surface area contributed by atoms with Crippen molar-refractivity contribution in [3.63, 3.8) is 0 Å². The molecule has 2 aliphatic rings. The fraction of sp³-hybridized carbons (Fsp3) is 0.444. The molecule has 0 saturated carbocycles. The van der Waals surface area contributed by atoms with E-state index < -0.39 is 11.7 Å². The lowest BCUT2D eigenvalue weighted by Gasteiger charge is -2.33. The summed E-state index contributed by atoms with van der Waals surface area (Å²) in [4.78, 5) is 29.4. The van der Waals surface area contributed by atoms with E-state index in [4.69, 9.17) is 14.9 Å². The van der Waals surface area contributed by atoms with Crippen LogP contribution in [0.25, 0.3) is 0 Å². The molecule has 2 N–H and O–H groups in total. The van der Waals surface area contributed by atoms with Crippen molar-refractivity contribution >= 4 is 40.2 Å². The van der Waals surface area contributed by atoms with Gasteiger partial charge in [0, 0.05) is 42.9 Å². The molecule has 200 valence electrons. The summed E-state index contributed by atoms with van der Waals surface area (Å²) in [5, 5.41) is 11.1.